The zero-order valence-corrected chi connectivity index (χ0v) is 25.7. The molecule has 6 rings (SSSR count). The van der Waals surface area contributed by atoms with Crippen LogP contribution < -0.4 is 9.64 Å². The number of piperazine rings is 1. The molecule has 2 saturated heterocycles. The summed E-state index contributed by atoms with van der Waals surface area (Å²) in [7, 11) is 1.85. The Morgan fingerprint density at radius 1 is 1.23 bits per heavy atom. The molecule has 1 aromatic carbocycles. The summed E-state index contributed by atoms with van der Waals surface area (Å²) in [6.07, 6.45) is 0.111. The van der Waals surface area contributed by atoms with Crippen LogP contribution in [0.15, 0.2) is 30.6 Å². The second kappa shape index (κ2) is 11.9. The van der Waals surface area contributed by atoms with Crippen LogP contribution in [0.1, 0.15) is 61.2 Å². The number of alkyl halides is 2. The Balaban J connectivity index is 1.37. The zero-order chi connectivity index (χ0) is 31.3. The van der Waals surface area contributed by atoms with Crippen molar-refractivity contribution in [3.63, 3.8) is 0 Å². The molecular formula is C32H36ClF3N6O2. The number of rotatable bonds is 6. The first-order chi connectivity index (χ1) is 21.1. The molecule has 1 amide bonds. The Hall–Kier alpha value is -3.36. The van der Waals surface area contributed by atoms with Gasteiger partial charge in [0, 0.05) is 41.7 Å². The minimum absolute atomic E-state index is 0.00127. The van der Waals surface area contributed by atoms with Gasteiger partial charge < -0.3 is 14.5 Å². The molecule has 3 heterocycles. The van der Waals surface area contributed by atoms with E-state index in [-0.39, 0.29) is 50.4 Å². The lowest BCUT2D eigenvalue weighted by Gasteiger charge is -2.43. The number of fused-ring (bicyclic) bond motifs is 3. The molecule has 8 nitrogen and oxygen atoms in total. The first kappa shape index (κ1) is 30.7. The summed E-state index contributed by atoms with van der Waals surface area (Å²) in [6, 6.07) is 6.61. The van der Waals surface area contributed by atoms with E-state index in [1.807, 2.05) is 42.0 Å². The van der Waals surface area contributed by atoms with Crippen LogP contribution in [-0.4, -0.2) is 83.3 Å². The molecule has 2 unspecified atom stereocenters. The van der Waals surface area contributed by atoms with Crippen molar-refractivity contribution in [1.82, 2.24) is 19.8 Å². The maximum atomic E-state index is 17.0. The molecular weight excluding hydrogens is 593 g/mol. The maximum Gasteiger partial charge on any atom is 0.318 e. The van der Waals surface area contributed by atoms with Gasteiger partial charge in [0.2, 0.25) is 0 Å². The van der Waals surface area contributed by atoms with Gasteiger partial charge in [-0.2, -0.15) is 15.2 Å². The van der Waals surface area contributed by atoms with E-state index in [1.165, 1.54) is 4.90 Å². The van der Waals surface area contributed by atoms with Gasteiger partial charge in [-0.3, -0.25) is 9.69 Å². The first-order valence-corrected chi connectivity index (χ1v) is 15.5. The van der Waals surface area contributed by atoms with Crippen LogP contribution in [0.4, 0.5) is 19.0 Å². The van der Waals surface area contributed by atoms with E-state index in [0.29, 0.717) is 48.5 Å². The second-order valence-corrected chi connectivity index (χ2v) is 12.9. The molecule has 0 N–H and O–H groups in total. The molecule has 6 atom stereocenters. The minimum Gasteiger partial charge on any atom is -0.462 e. The Morgan fingerprint density at radius 3 is 2.66 bits per heavy atom. The van der Waals surface area contributed by atoms with E-state index in [0.717, 1.165) is 11.1 Å². The number of carbonyl (C=O) groups excluding carboxylic acids is 1. The summed E-state index contributed by atoms with van der Waals surface area (Å²) in [5.41, 5.74) is 1.96. The summed E-state index contributed by atoms with van der Waals surface area (Å²) in [4.78, 5) is 27.0. The van der Waals surface area contributed by atoms with E-state index >= 15 is 4.39 Å². The molecule has 2 fully saturated rings. The van der Waals surface area contributed by atoms with E-state index < -0.39 is 41.6 Å². The number of hydrogen-bond acceptors (Lipinski definition) is 7. The fraction of sp³-hybridized carbons (Fsp3) is 0.562. The third kappa shape index (κ3) is 5.10. The van der Waals surface area contributed by atoms with Gasteiger partial charge in [-0.1, -0.05) is 30.3 Å². The third-order valence-electron chi connectivity index (χ3n) is 10.2. The highest BCUT2D eigenvalue weighted by atomic mass is 35.5. The van der Waals surface area contributed by atoms with Crippen LogP contribution >= 0.6 is 11.6 Å². The van der Waals surface area contributed by atoms with E-state index in [4.69, 9.17) is 21.3 Å². The number of nitriles is 1. The predicted molar refractivity (Wildman–Crippen MR) is 160 cm³/mol. The van der Waals surface area contributed by atoms with Gasteiger partial charge in [0.15, 0.2) is 12.0 Å². The van der Waals surface area contributed by atoms with Crippen LogP contribution in [0.25, 0.3) is 0 Å². The van der Waals surface area contributed by atoms with Gasteiger partial charge in [-0.25, -0.2) is 13.2 Å². The van der Waals surface area contributed by atoms with Gasteiger partial charge in [-0.15, -0.1) is 0 Å². The SMILES string of the molecule is C=C(F)C(=O)N1CCN(c2nc(OCC3[C@@H](F)C[C@@H](C)N3C)nc3c2CC[C@@]2(CCc4c(Cl)cccc42)C3F)C[C@@H]1CC#N. The fourth-order valence-corrected chi connectivity index (χ4v) is 7.90. The minimum atomic E-state index is -1.47. The first-order valence-electron chi connectivity index (χ1n) is 15.1. The maximum absolute atomic E-state index is 17.0. The largest absolute Gasteiger partial charge is 0.462 e. The number of amides is 1. The molecule has 234 valence electrons. The Labute approximate surface area is 260 Å². The van der Waals surface area contributed by atoms with E-state index in [9.17, 15) is 18.8 Å². The second-order valence-electron chi connectivity index (χ2n) is 12.5. The number of ether oxygens (including phenoxy) is 1. The topological polar surface area (TPSA) is 85.6 Å². The summed E-state index contributed by atoms with van der Waals surface area (Å²) in [5.74, 6) is -1.47. The van der Waals surface area contributed by atoms with Crippen molar-refractivity contribution in [1.29, 1.82) is 5.26 Å². The highest BCUT2D eigenvalue weighted by Gasteiger charge is 2.51. The van der Waals surface area contributed by atoms with Crippen LogP contribution in [0.2, 0.25) is 5.02 Å². The Kier molecular flexibility index (Phi) is 8.26. The molecule has 1 aromatic heterocycles. The number of anilines is 1. The number of hydrogen-bond donors (Lipinski definition) is 0. The monoisotopic (exact) mass is 628 g/mol. The molecule has 0 bridgehead atoms. The number of benzene rings is 1. The van der Waals surface area contributed by atoms with Crippen LogP contribution in [0.3, 0.4) is 0 Å². The standard InChI is InChI=1S/C32H36ClF3N6O2/c1-18-15-25(35)26(40(18)3)17-44-31-38-27-22(8-11-32(28(27)36)10-7-21-23(32)5-4-6-24(21)33)29(39-31)41-13-14-42(30(43)19(2)34)20(16-41)9-12-37/h4-6,18,20,25-26,28H,2,7-11,13-17H2,1,3H3/t18-,20+,25+,26?,28?,32-/m1/s1. The van der Waals surface area contributed by atoms with Crippen molar-refractivity contribution in [2.24, 2.45) is 0 Å². The highest BCUT2D eigenvalue weighted by molar-refractivity contribution is 6.31. The van der Waals surface area contributed by atoms with Crippen molar-refractivity contribution >= 4 is 23.3 Å². The lowest BCUT2D eigenvalue weighted by molar-refractivity contribution is -0.131. The molecule has 2 aliphatic carbocycles. The smallest absolute Gasteiger partial charge is 0.318 e. The van der Waals surface area contributed by atoms with E-state index in [1.54, 1.807) is 0 Å². The van der Waals surface area contributed by atoms with Crippen molar-refractivity contribution in [3.05, 3.63) is 58.0 Å². The summed E-state index contributed by atoms with van der Waals surface area (Å²) < 4.78 is 51.7. The Morgan fingerprint density at radius 2 is 1.98 bits per heavy atom. The molecule has 1 spiro atoms. The molecule has 44 heavy (non-hydrogen) atoms. The molecule has 12 heteroatoms. The lowest BCUT2D eigenvalue weighted by Crippen LogP contribution is -2.55. The van der Waals surface area contributed by atoms with Gasteiger partial charge in [-0.05, 0) is 63.3 Å². The van der Waals surface area contributed by atoms with Gasteiger partial charge in [0.1, 0.15) is 18.6 Å². The van der Waals surface area contributed by atoms with Crippen molar-refractivity contribution in [3.8, 4) is 12.1 Å². The number of aromatic nitrogens is 2. The quantitative estimate of drug-likeness (QED) is 0.407. The molecule has 0 saturated carbocycles. The number of likely N-dealkylation sites (N-methyl/N-ethyl adjacent to an activating group) is 1. The number of nitrogens with zero attached hydrogens (tertiary/aromatic N) is 6. The van der Waals surface area contributed by atoms with Crippen molar-refractivity contribution in [2.45, 2.75) is 81.3 Å². The summed E-state index contributed by atoms with van der Waals surface area (Å²) in [5, 5.41) is 10.1. The summed E-state index contributed by atoms with van der Waals surface area (Å²) >= 11 is 6.51. The average Bonchev–Trinajstić information content (AvgIpc) is 3.50. The molecule has 2 aliphatic heterocycles. The molecule has 0 radical (unpaired) electrons. The average molecular weight is 629 g/mol. The zero-order valence-electron chi connectivity index (χ0n) is 24.9. The molecule has 4 aliphatic rings. The fourth-order valence-electron chi connectivity index (χ4n) is 7.63. The van der Waals surface area contributed by atoms with Crippen molar-refractivity contribution in [2.75, 3.05) is 38.2 Å². The van der Waals surface area contributed by atoms with E-state index in [2.05, 4.69) is 17.6 Å². The number of halogens is 4. The third-order valence-corrected chi connectivity index (χ3v) is 10.6. The van der Waals surface area contributed by atoms with Gasteiger partial charge in [0.25, 0.3) is 5.91 Å². The predicted octanol–water partition coefficient (Wildman–Crippen LogP) is 5.19. The van der Waals surface area contributed by atoms with Gasteiger partial charge >= 0.3 is 6.01 Å². The van der Waals surface area contributed by atoms with Crippen LogP contribution in [0, 0.1) is 11.3 Å². The van der Waals surface area contributed by atoms with Gasteiger partial charge in [0.05, 0.1) is 30.3 Å². The lowest BCUT2D eigenvalue weighted by atomic mass is 9.68. The normalized spacial score (nSPS) is 29.8. The Bertz CT molecular complexity index is 1520. The van der Waals surface area contributed by atoms with Crippen LogP contribution in [-0.2, 0) is 23.1 Å². The van der Waals surface area contributed by atoms with Crippen molar-refractivity contribution < 1.29 is 22.7 Å². The van der Waals surface area contributed by atoms with Crippen LogP contribution in [0.5, 0.6) is 6.01 Å². The summed E-state index contributed by atoms with van der Waals surface area (Å²) in [6.45, 7) is 5.68. The molecule has 2 aromatic rings. The number of carbonyl (C=O) groups is 1. The number of likely N-dealkylation sites (tertiary alicyclic amines) is 1. The highest BCUT2D eigenvalue weighted by Crippen LogP contribution is 2.56.